The number of hydrogen-bond donors (Lipinski definition) is 0. The van der Waals surface area contributed by atoms with E-state index in [0.29, 0.717) is 11.6 Å². The summed E-state index contributed by atoms with van der Waals surface area (Å²) in [6, 6.07) is 0. The Morgan fingerprint density at radius 1 is 0.615 bits per heavy atom. The van der Waals surface area contributed by atoms with Crippen LogP contribution in [0.15, 0.2) is 0 Å². The molecule has 2 atom stereocenters. The first-order valence-electron chi connectivity index (χ1n) is 10.8. The van der Waals surface area contributed by atoms with Gasteiger partial charge in [0.05, 0.1) is 0 Å². The molecule has 156 valence electrons. The zero-order valence-corrected chi connectivity index (χ0v) is 20.1. The van der Waals surface area contributed by atoms with Crippen molar-refractivity contribution >= 4 is 11.6 Å². The molecule has 0 amide bonds. The topological polar surface area (TPSA) is 34.1 Å². The third kappa shape index (κ3) is 6.20. The Labute approximate surface area is 164 Å². The van der Waals surface area contributed by atoms with Gasteiger partial charge in [-0.3, -0.25) is 9.59 Å². The Morgan fingerprint density at radius 3 is 0.923 bits per heavy atom. The normalized spacial score (nSPS) is 28.3. The van der Waals surface area contributed by atoms with Gasteiger partial charge in [0.2, 0.25) is 0 Å². The molecule has 0 N–H and O–H groups in total. The maximum Gasteiger partial charge on any atom is 0.139 e. The molecule has 0 aromatic carbocycles. The minimum absolute atomic E-state index is 0.0486. The van der Waals surface area contributed by atoms with E-state index in [4.69, 9.17) is 0 Å². The van der Waals surface area contributed by atoms with Gasteiger partial charge >= 0.3 is 0 Å². The van der Waals surface area contributed by atoms with Crippen LogP contribution in [0.3, 0.4) is 0 Å². The number of rotatable bonds is 0. The standard InChI is InChI=1S/2C10H18O.2C2H6/c2*1-9(2,3)10(4)7-5-6-8(10)11;2*1-2/h2*5-7H2,1-4H3;2*1-2H3/t2*10-;;/m10../s1. The number of Topliss-reactive ketones (excluding diaryl/α,β-unsaturated/α-hetero) is 2. The average Bonchev–Trinajstić information content (AvgIpc) is 3.08. The summed E-state index contributed by atoms with van der Waals surface area (Å²) in [6.07, 6.45) is 5.94. The fraction of sp³-hybridized carbons (Fsp3) is 0.917. The fourth-order valence-corrected chi connectivity index (χ4v) is 3.62. The lowest BCUT2D eigenvalue weighted by Gasteiger charge is -2.36. The molecule has 2 aliphatic rings. The van der Waals surface area contributed by atoms with Gasteiger partial charge in [-0.1, -0.05) is 83.1 Å². The first kappa shape index (κ1) is 27.6. The van der Waals surface area contributed by atoms with Crippen LogP contribution in [0.2, 0.25) is 0 Å². The van der Waals surface area contributed by atoms with E-state index in [1.54, 1.807) is 0 Å². The molecule has 2 nitrogen and oxygen atoms in total. The summed E-state index contributed by atoms with van der Waals surface area (Å²) in [5.74, 6) is 0.926. The molecule has 0 heterocycles. The molecule has 0 unspecified atom stereocenters. The molecule has 0 aliphatic heterocycles. The Hall–Kier alpha value is -0.660. The van der Waals surface area contributed by atoms with E-state index in [1.165, 1.54) is 0 Å². The first-order chi connectivity index (χ1) is 11.8. The van der Waals surface area contributed by atoms with Crippen LogP contribution in [0.1, 0.15) is 122 Å². The minimum atomic E-state index is -0.0486. The van der Waals surface area contributed by atoms with Gasteiger partial charge in [-0.25, -0.2) is 0 Å². The van der Waals surface area contributed by atoms with Gasteiger partial charge < -0.3 is 0 Å². The van der Waals surface area contributed by atoms with Crippen LogP contribution in [0.5, 0.6) is 0 Å². The van der Waals surface area contributed by atoms with Crippen LogP contribution in [0.25, 0.3) is 0 Å². The SMILES string of the molecule is CC.CC.CC(C)(C)[C@@]1(C)CCCC1=O.CC(C)(C)[C@]1(C)CCCC1=O. The van der Waals surface area contributed by atoms with Crippen molar-refractivity contribution in [2.45, 2.75) is 122 Å². The molecule has 2 saturated carbocycles. The fourth-order valence-electron chi connectivity index (χ4n) is 3.62. The summed E-state index contributed by atoms with van der Waals surface area (Å²) in [4.78, 5) is 23.1. The zero-order chi connectivity index (χ0) is 21.4. The Morgan fingerprint density at radius 2 is 0.846 bits per heavy atom. The van der Waals surface area contributed by atoms with Crippen LogP contribution in [0, 0.1) is 21.7 Å². The highest BCUT2D eigenvalue weighted by molar-refractivity contribution is 5.87. The molecule has 0 radical (unpaired) electrons. The van der Waals surface area contributed by atoms with E-state index >= 15 is 0 Å². The van der Waals surface area contributed by atoms with Crippen molar-refractivity contribution in [1.29, 1.82) is 0 Å². The molecule has 0 saturated heterocycles. The second-order valence-corrected chi connectivity index (χ2v) is 9.72. The van der Waals surface area contributed by atoms with E-state index in [-0.39, 0.29) is 21.7 Å². The van der Waals surface area contributed by atoms with Crippen molar-refractivity contribution in [2.75, 3.05) is 0 Å². The van der Waals surface area contributed by atoms with Gasteiger partial charge in [-0.05, 0) is 36.5 Å². The lowest BCUT2D eigenvalue weighted by Crippen LogP contribution is -2.36. The second kappa shape index (κ2) is 10.6. The molecule has 0 aromatic heterocycles. The maximum atomic E-state index is 11.5. The quantitative estimate of drug-likeness (QED) is 0.440. The third-order valence-corrected chi connectivity index (χ3v) is 6.70. The molecule has 2 rings (SSSR count). The predicted octanol–water partition coefficient (Wildman–Crippen LogP) is 7.64. The first-order valence-corrected chi connectivity index (χ1v) is 10.8. The molecule has 0 spiro atoms. The minimum Gasteiger partial charge on any atom is -0.299 e. The van der Waals surface area contributed by atoms with Gasteiger partial charge in [-0.2, -0.15) is 0 Å². The smallest absolute Gasteiger partial charge is 0.139 e. The number of ketones is 2. The van der Waals surface area contributed by atoms with Crippen molar-refractivity contribution < 1.29 is 9.59 Å². The third-order valence-electron chi connectivity index (χ3n) is 6.70. The average molecular weight is 369 g/mol. The summed E-state index contributed by atoms with van der Waals surface area (Å²) in [5.41, 5.74) is 0.182. The van der Waals surface area contributed by atoms with Gasteiger partial charge in [-0.15, -0.1) is 0 Å². The van der Waals surface area contributed by atoms with Gasteiger partial charge in [0, 0.05) is 23.7 Å². The Bertz CT molecular complexity index is 394. The van der Waals surface area contributed by atoms with Gasteiger partial charge in [0.25, 0.3) is 0 Å². The number of carbonyl (C=O) groups excluding carboxylic acids is 2. The summed E-state index contributed by atoms with van der Waals surface area (Å²) < 4.78 is 0. The van der Waals surface area contributed by atoms with Crippen LogP contribution in [-0.2, 0) is 9.59 Å². The van der Waals surface area contributed by atoms with Gasteiger partial charge in [0.15, 0.2) is 0 Å². The highest BCUT2D eigenvalue weighted by atomic mass is 16.1. The van der Waals surface area contributed by atoms with Crippen LogP contribution < -0.4 is 0 Å². The Kier molecular flexibility index (Phi) is 11.3. The summed E-state index contributed by atoms with van der Waals surface area (Å²) in [6.45, 7) is 25.2. The second-order valence-electron chi connectivity index (χ2n) is 9.72. The lowest BCUT2D eigenvalue weighted by molar-refractivity contribution is -0.130. The Balaban J connectivity index is 0. The van der Waals surface area contributed by atoms with Crippen LogP contribution in [-0.4, -0.2) is 11.6 Å². The molecule has 2 aliphatic carbocycles. The summed E-state index contributed by atoms with van der Waals surface area (Å²) >= 11 is 0. The van der Waals surface area contributed by atoms with E-state index in [2.05, 4.69) is 55.4 Å². The van der Waals surface area contributed by atoms with Crippen LogP contribution in [0.4, 0.5) is 0 Å². The highest BCUT2D eigenvalue weighted by Crippen LogP contribution is 2.48. The number of carbonyl (C=O) groups is 2. The van der Waals surface area contributed by atoms with Crippen molar-refractivity contribution in [3.8, 4) is 0 Å². The molecule has 2 heteroatoms. The highest BCUT2D eigenvalue weighted by Gasteiger charge is 2.47. The van der Waals surface area contributed by atoms with E-state index in [0.717, 1.165) is 38.5 Å². The molecular formula is C24H48O2. The van der Waals surface area contributed by atoms with Crippen molar-refractivity contribution in [3.05, 3.63) is 0 Å². The maximum absolute atomic E-state index is 11.5. The van der Waals surface area contributed by atoms with Crippen molar-refractivity contribution in [2.24, 2.45) is 21.7 Å². The molecule has 26 heavy (non-hydrogen) atoms. The van der Waals surface area contributed by atoms with Crippen molar-refractivity contribution in [1.82, 2.24) is 0 Å². The van der Waals surface area contributed by atoms with Crippen molar-refractivity contribution in [3.63, 3.8) is 0 Å². The van der Waals surface area contributed by atoms with E-state index < -0.39 is 0 Å². The number of hydrogen-bond acceptors (Lipinski definition) is 2. The predicted molar refractivity (Wildman–Crippen MR) is 116 cm³/mol. The van der Waals surface area contributed by atoms with Crippen LogP contribution >= 0.6 is 0 Å². The molecule has 2 fully saturated rings. The summed E-state index contributed by atoms with van der Waals surface area (Å²) in [7, 11) is 0. The van der Waals surface area contributed by atoms with Gasteiger partial charge in [0.1, 0.15) is 11.6 Å². The summed E-state index contributed by atoms with van der Waals surface area (Å²) in [5, 5.41) is 0. The largest absolute Gasteiger partial charge is 0.299 e. The lowest BCUT2D eigenvalue weighted by atomic mass is 9.66. The molecular weight excluding hydrogens is 320 g/mol. The molecule has 0 bridgehead atoms. The monoisotopic (exact) mass is 368 g/mol. The van der Waals surface area contributed by atoms with E-state index in [1.807, 2.05) is 27.7 Å². The molecule has 0 aromatic rings. The zero-order valence-electron chi connectivity index (χ0n) is 20.1. The van der Waals surface area contributed by atoms with E-state index in [9.17, 15) is 9.59 Å².